The molecule has 4 aromatic rings. The molecule has 190 valence electrons. The molecule has 0 radical (unpaired) electrons. The number of nitrogens with zero attached hydrogens (tertiary/aromatic N) is 2. The SMILES string of the molecule is NCC1CCCC(CNc2nc(C=Cc3ccc(OCc4ccccc4)cc3)nc3ccc(Br)cc23)C1. The van der Waals surface area contributed by atoms with Gasteiger partial charge in [0.2, 0.25) is 0 Å². The second-order valence-corrected chi connectivity index (χ2v) is 10.7. The Bertz CT molecular complexity index is 1340. The fraction of sp³-hybridized carbons (Fsp3) is 0.290. The molecule has 0 amide bonds. The highest BCUT2D eigenvalue weighted by Crippen LogP contribution is 2.30. The molecular formula is C31H33BrN4O. The molecule has 0 aliphatic heterocycles. The molecule has 2 atom stereocenters. The standard InChI is InChI=1S/C31H33BrN4O/c32-26-12-15-29-28(18-26)31(34-20-25-8-4-7-24(17-25)19-33)36-30(35-29)16-11-22-9-13-27(14-10-22)37-21-23-5-2-1-3-6-23/h1-3,5-6,9-16,18,24-25H,4,7-8,17,19-21,33H2,(H,34,35,36). The zero-order chi connectivity index (χ0) is 25.5. The fourth-order valence-corrected chi connectivity index (χ4v) is 5.32. The largest absolute Gasteiger partial charge is 0.489 e. The molecule has 0 saturated heterocycles. The van der Waals surface area contributed by atoms with Gasteiger partial charge in [-0.15, -0.1) is 0 Å². The fourth-order valence-electron chi connectivity index (χ4n) is 4.96. The van der Waals surface area contributed by atoms with E-state index < -0.39 is 0 Å². The summed E-state index contributed by atoms with van der Waals surface area (Å²) >= 11 is 3.60. The van der Waals surface area contributed by atoms with Gasteiger partial charge in [-0.25, -0.2) is 9.97 Å². The summed E-state index contributed by atoms with van der Waals surface area (Å²) in [7, 11) is 0. The van der Waals surface area contributed by atoms with Crippen LogP contribution < -0.4 is 15.8 Å². The summed E-state index contributed by atoms with van der Waals surface area (Å²) in [5.74, 6) is 3.68. The third-order valence-electron chi connectivity index (χ3n) is 7.01. The molecule has 1 heterocycles. The van der Waals surface area contributed by atoms with Crippen molar-refractivity contribution in [2.45, 2.75) is 32.3 Å². The maximum Gasteiger partial charge on any atom is 0.154 e. The topological polar surface area (TPSA) is 73.1 Å². The average molecular weight is 558 g/mol. The molecule has 0 spiro atoms. The molecule has 1 aliphatic carbocycles. The molecule has 1 aliphatic rings. The van der Waals surface area contributed by atoms with Crippen molar-refractivity contribution in [3.8, 4) is 5.75 Å². The van der Waals surface area contributed by atoms with Crippen LogP contribution in [0.15, 0.2) is 77.3 Å². The lowest BCUT2D eigenvalue weighted by Gasteiger charge is -2.28. The number of hydrogen-bond donors (Lipinski definition) is 2. The van der Waals surface area contributed by atoms with Crippen molar-refractivity contribution >= 4 is 44.8 Å². The minimum Gasteiger partial charge on any atom is -0.489 e. The summed E-state index contributed by atoms with van der Waals surface area (Å²) in [5, 5.41) is 4.67. The normalized spacial score (nSPS) is 17.8. The van der Waals surface area contributed by atoms with E-state index in [1.807, 2.05) is 66.7 Å². The van der Waals surface area contributed by atoms with E-state index in [9.17, 15) is 0 Å². The minimum absolute atomic E-state index is 0.556. The average Bonchev–Trinajstić information content (AvgIpc) is 2.95. The van der Waals surface area contributed by atoms with Crippen LogP contribution >= 0.6 is 15.9 Å². The molecule has 3 aromatic carbocycles. The Kier molecular flexibility index (Phi) is 8.49. The Morgan fingerprint density at radius 2 is 1.76 bits per heavy atom. The molecule has 5 nitrogen and oxygen atoms in total. The van der Waals surface area contributed by atoms with E-state index in [0.717, 1.165) is 51.2 Å². The molecule has 6 heteroatoms. The Morgan fingerprint density at radius 3 is 2.57 bits per heavy atom. The van der Waals surface area contributed by atoms with E-state index >= 15 is 0 Å². The molecule has 1 saturated carbocycles. The van der Waals surface area contributed by atoms with Gasteiger partial charge < -0.3 is 15.8 Å². The summed E-state index contributed by atoms with van der Waals surface area (Å²) in [4.78, 5) is 9.67. The van der Waals surface area contributed by atoms with Gasteiger partial charge in [0, 0.05) is 16.4 Å². The Morgan fingerprint density at radius 1 is 0.946 bits per heavy atom. The number of nitrogens with two attached hydrogens (primary N) is 1. The van der Waals surface area contributed by atoms with Crippen molar-refractivity contribution in [1.29, 1.82) is 0 Å². The van der Waals surface area contributed by atoms with Gasteiger partial charge in [-0.05, 0) is 85.2 Å². The monoisotopic (exact) mass is 556 g/mol. The van der Waals surface area contributed by atoms with E-state index in [4.69, 9.17) is 20.4 Å². The molecule has 3 N–H and O–H groups in total. The van der Waals surface area contributed by atoms with Crippen molar-refractivity contribution in [3.05, 3.63) is 94.2 Å². The van der Waals surface area contributed by atoms with E-state index in [0.29, 0.717) is 24.3 Å². The van der Waals surface area contributed by atoms with Crippen LogP contribution in [0.1, 0.15) is 42.6 Å². The quantitative estimate of drug-likeness (QED) is 0.226. The van der Waals surface area contributed by atoms with E-state index in [-0.39, 0.29) is 0 Å². The van der Waals surface area contributed by atoms with Gasteiger partial charge in [0.25, 0.3) is 0 Å². The molecule has 0 bridgehead atoms. The van der Waals surface area contributed by atoms with E-state index in [1.165, 1.54) is 25.7 Å². The zero-order valence-electron chi connectivity index (χ0n) is 20.9. The van der Waals surface area contributed by atoms with Gasteiger partial charge in [-0.2, -0.15) is 0 Å². The van der Waals surface area contributed by atoms with Crippen molar-refractivity contribution in [1.82, 2.24) is 9.97 Å². The van der Waals surface area contributed by atoms with Gasteiger partial charge in [0.15, 0.2) is 5.82 Å². The maximum absolute atomic E-state index is 5.95. The van der Waals surface area contributed by atoms with Gasteiger partial charge in [0.05, 0.1) is 5.52 Å². The smallest absolute Gasteiger partial charge is 0.154 e. The lowest BCUT2D eigenvalue weighted by molar-refractivity contribution is 0.281. The van der Waals surface area contributed by atoms with Gasteiger partial charge >= 0.3 is 0 Å². The highest BCUT2D eigenvalue weighted by Gasteiger charge is 2.21. The first-order valence-corrected chi connectivity index (χ1v) is 13.8. The van der Waals surface area contributed by atoms with Gasteiger partial charge in [0.1, 0.15) is 18.2 Å². The van der Waals surface area contributed by atoms with Gasteiger partial charge in [-0.1, -0.05) is 70.9 Å². The third kappa shape index (κ3) is 6.96. The van der Waals surface area contributed by atoms with Crippen molar-refractivity contribution < 1.29 is 4.74 Å². The van der Waals surface area contributed by atoms with Crippen LogP contribution in [0.25, 0.3) is 23.1 Å². The number of aromatic nitrogens is 2. The molecule has 2 unspecified atom stereocenters. The second-order valence-electron chi connectivity index (χ2n) is 9.78. The van der Waals surface area contributed by atoms with Crippen molar-refractivity contribution in [2.24, 2.45) is 17.6 Å². The van der Waals surface area contributed by atoms with Crippen molar-refractivity contribution in [3.63, 3.8) is 0 Å². The number of halogens is 1. The highest BCUT2D eigenvalue weighted by molar-refractivity contribution is 9.10. The lowest BCUT2D eigenvalue weighted by atomic mass is 9.81. The number of ether oxygens (including phenoxy) is 1. The third-order valence-corrected chi connectivity index (χ3v) is 7.50. The summed E-state index contributed by atoms with van der Waals surface area (Å²) < 4.78 is 6.93. The lowest BCUT2D eigenvalue weighted by Crippen LogP contribution is -2.26. The van der Waals surface area contributed by atoms with Crippen molar-refractivity contribution in [2.75, 3.05) is 18.4 Å². The summed E-state index contributed by atoms with van der Waals surface area (Å²) in [6.45, 7) is 2.25. The Labute approximate surface area is 227 Å². The van der Waals surface area contributed by atoms with E-state index in [2.05, 4.69) is 39.4 Å². The summed E-state index contributed by atoms with van der Waals surface area (Å²) in [6.07, 6.45) is 8.96. The predicted molar refractivity (Wildman–Crippen MR) is 156 cm³/mol. The van der Waals surface area contributed by atoms with Crippen LogP contribution in [0.3, 0.4) is 0 Å². The van der Waals surface area contributed by atoms with Crippen LogP contribution in [0, 0.1) is 11.8 Å². The number of anilines is 1. The highest BCUT2D eigenvalue weighted by atomic mass is 79.9. The Hall–Kier alpha value is -3.22. The second kappa shape index (κ2) is 12.3. The zero-order valence-corrected chi connectivity index (χ0v) is 22.5. The first-order valence-electron chi connectivity index (χ1n) is 13.0. The van der Waals surface area contributed by atoms with Crippen LogP contribution in [-0.4, -0.2) is 23.1 Å². The minimum atomic E-state index is 0.556. The number of rotatable bonds is 9. The van der Waals surface area contributed by atoms with Gasteiger partial charge in [-0.3, -0.25) is 0 Å². The number of fused-ring (bicyclic) bond motifs is 1. The van der Waals surface area contributed by atoms with Crippen LogP contribution in [-0.2, 0) is 6.61 Å². The molecular weight excluding hydrogens is 524 g/mol. The molecule has 1 aromatic heterocycles. The molecule has 1 fully saturated rings. The Balaban J connectivity index is 1.29. The summed E-state index contributed by atoms with van der Waals surface area (Å²) in [6, 6.07) is 24.4. The number of nitrogens with one attached hydrogen (secondary N) is 1. The van der Waals surface area contributed by atoms with Crippen LogP contribution in [0.4, 0.5) is 5.82 Å². The first kappa shape index (κ1) is 25.4. The summed E-state index contributed by atoms with van der Waals surface area (Å²) in [5.41, 5.74) is 9.09. The number of benzene rings is 3. The first-order chi connectivity index (χ1) is 18.2. The predicted octanol–water partition coefficient (Wildman–Crippen LogP) is 7.32. The van der Waals surface area contributed by atoms with Crippen LogP contribution in [0.5, 0.6) is 5.75 Å². The number of hydrogen-bond acceptors (Lipinski definition) is 5. The molecule has 37 heavy (non-hydrogen) atoms. The van der Waals surface area contributed by atoms with Crippen LogP contribution in [0.2, 0.25) is 0 Å². The molecule has 5 rings (SSSR count). The maximum atomic E-state index is 5.95. The van der Waals surface area contributed by atoms with E-state index in [1.54, 1.807) is 0 Å².